The molecule has 3 N–H and O–H groups in total. The minimum atomic E-state index is -0.519. The molecule has 0 saturated carbocycles. The molecule has 0 radical (unpaired) electrons. The van der Waals surface area contributed by atoms with E-state index in [1.54, 1.807) is 0 Å². The molecular weight excluding hydrogens is 324 g/mol. The zero-order valence-corrected chi connectivity index (χ0v) is 14.7. The van der Waals surface area contributed by atoms with Crippen LogP contribution in [0.3, 0.4) is 0 Å². The highest BCUT2D eigenvalue weighted by molar-refractivity contribution is 5.85. The van der Waals surface area contributed by atoms with Gasteiger partial charge < -0.3 is 15.8 Å². The fourth-order valence-corrected chi connectivity index (χ4v) is 2.28. The first-order valence-corrected chi connectivity index (χ1v) is 7.92. The van der Waals surface area contributed by atoms with Gasteiger partial charge in [-0.05, 0) is 37.0 Å². The van der Waals surface area contributed by atoms with Crippen molar-refractivity contribution in [3.63, 3.8) is 0 Å². The molecule has 5 heteroatoms. The topological polar surface area (TPSA) is 64.3 Å². The Labute approximate surface area is 149 Å². The van der Waals surface area contributed by atoms with E-state index in [-0.39, 0.29) is 18.3 Å². The maximum atomic E-state index is 12.0. The summed E-state index contributed by atoms with van der Waals surface area (Å²) in [6.45, 7) is 3.14. The molecular formula is C19H25ClN2O2. The maximum absolute atomic E-state index is 12.0. The van der Waals surface area contributed by atoms with Crippen molar-refractivity contribution in [3.8, 4) is 5.75 Å². The Balaban J connectivity index is 0.00000288. The molecule has 0 heterocycles. The van der Waals surface area contributed by atoms with Gasteiger partial charge in [0.1, 0.15) is 5.75 Å². The summed E-state index contributed by atoms with van der Waals surface area (Å²) in [4.78, 5) is 12.0. The largest absolute Gasteiger partial charge is 0.493 e. The van der Waals surface area contributed by atoms with Crippen molar-refractivity contribution >= 4 is 18.3 Å². The number of carbonyl (C=O) groups is 1. The smallest absolute Gasteiger partial charge is 0.237 e. The van der Waals surface area contributed by atoms with Crippen LogP contribution in [0, 0.1) is 6.92 Å². The van der Waals surface area contributed by atoms with Crippen LogP contribution in [0.1, 0.15) is 17.5 Å². The van der Waals surface area contributed by atoms with E-state index < -0.39 is 6.04 Å². The van der Waals surface area contributed by atoms with Crippen LogP contribution in [-0.2, 0) is 11.2 Å². The van der Waals surface area contributed by atoms with E-state index >= 15 is 0 Å². The second-order valence-corrected chi connectivity index (χ2v) is 5.55. The van der Waals surface area contributed by atoms with Gasteiger partial charge in [0.15, 0.2) is 0 Å². The third kappa shape index (κ3) is 6.60. The van der Waals surface area contributed by atoms with Gasteiger partial charge in [0.2, 0.25) is 5.91 Å². The molecule has 0 aliphatic rings. The van der Waals surface area contributed by atoms with Crippen molar-refractivity contribution in [3.05, 3.63) is 65.7 Å². The average Bonchev–Trinajstić information content (AvgIpc) is 2.57. The number of carbonyl (C=O) groups excluding carboxylic acids is 1. The van der Waals surface area contributed by atoms with Crippen molar-refractivity contribution in [2.45, 2.75) is 25.8 Å². The molecule has 1 amide bonds. The lowest BCUT2D eigenvalue weighted by Gasteiger charge is -2.13. The van der Waals surface area contributed by atoms with Crippen LogP contribution in [-0.4, -0.2) is 25.1 Å². The van der Waals surface area contributed by atoms with Crippen LogP contribution in [0.4, 0.5) is 0 Å². The number of amides is 1. The molecule has 0 aliphatic carbocycles. The summed E-state index contributed by atoms with van der Waals surface area (Å²) in [5, 5.41) is 2.86. The Morgan fingerprint density at radius 2 is 1.79 bits per heavy atom. The van der Waals surface area contributed by atoms with Gasteiger partial charge in [-0.15, -0.1) is 12.4 Å². The first-order chi connectivity index (χ1) is 11.2. The fraction of sp³-hybridized carbons (Fsp3) is 0.316. The Kier molecular flexibility index (Phi) is 8.90. The number of nitrogens with two attached hydrogens (primary N) is 1. The zero-order chi connectivity index (χ0) is 16.5. The number of para-hydroxylation sites is 1. The summed E-state index contributed by atoms with van der Waals surface area (Å²) in [5.41, 5.74) is 8.11. The lowest BCUT2D eigenvalue weighted by atomic mass is 10.1. The predicted molar refractivity (Wildman–Crippen MR) is 99.7 cm³/mol. The van der Waals surface area contributed by atoms with E-state index in [4.69, 9.17) is 10.5 Å². The van der Waals surface area contributed by atoms with Gasteiger partial charge in [0.05, 0.1) is 12.6 Å². The quantitative estimate of drug-likeness (QED) is 0.721. The molecule has 0 bridgehead atoms. The van der Waals surface area contributed by atoms with Gasteiger partial charge in [-0.3, -0.25) is 4.79 Å². The summed E-state index contributed by atoms with van der Waals surface area (Å²) in [6, 6.07) is 17.2. The van der Waals surface area contributed by atoms with Crippen LogP contribution < -0.4 is 15.8 Å². The van der Waals surface area contributed by atoms with E-state index in [0.717, 1.165) is 23.3 Å². The zero-order valence-electron chi connectivity index (χ0n) is 13.9. The van der Waals surface area contributed by atoms with E-state index in [9.17, 15) is 4.79 Å². The van der Waals surface area contributed by atoms with Crippen molar-refractivity contribution in [1.82, 2.24) is 5.32 Å². The molecule has 130 valence electrons. The lowest BCUT2D eigenvalue weighted by molar-refractivity contribution is -0.122. The number of benzene rings is 2. The highest BCUT2D eigenvalue weighted by atomic mass is 35.5. The van der Waals surface area contributed by atoms with Gasteiger partial charge in [-0.25, -0.2) is 0 Å². The van der Waals surface area contributed by atoms with Crippen LogP contribution >= 0.6 is 12.4 Å². The van der Waals surface area contributed by atoms with Gasteiger partial charge in [0, 0.05) is 6.54 Å². The predicted octanol–water partition coefficient (Wildman–Crippen LogP) is 2.87. The molecule has 0 aliphatic heterocycles. The molecule has 0 unspecified atom stereocenters. The van der Waals surface area contributed by atoms with Crippen molar-refractivity contribution in [2.75, 3.05) is 13.2 Å². The third-order valence-corrected chi connectivity index (χ3v) is 3.61. The van der Waals surface area contributed by atoms with Crippen LogP contribution in [0.5, 0.6) is 5.75 Å². The number of ether oxygens (including phenoxy) is 1. The van der Waals surface area contributed by atoms with E-state index in [2.05, 4.69) is 5.32 Å². The molecule has 2 aromatic rings. The Morgan fingerprint density at radius 1 is 1.12 bits per heavy atom. The van der Waals surface area contributed by atoms with Crippen LogP contribution in [0.25, 0.3) is 0 Å². The van der Waals surface area contributed by atoms with Gasteiger partial charge in [-0.2, -0.15) is 0 Å². The second kappa shape index (κ2) is 10.7. The highest BCUT2D eigenvalue weighted by Crippen LogP contribution is 2.15. The number of rotatable bonds is 8. The van der Waals surface area contributed by atoms with Gasteiger partial charge in [0.25, 0.3) is 0 Å². The molecule has 0 fully saturated rings. The summed E-state index contributed by atoms with van der Waals surface area (Å²) >= 11 is 0. The fourth-order valence-electron chi connectivity index (χ4n) is 2.28. The Morgan fingerprint density at radius 3 is 2.50 bits per heavy atom. The summed E-state index contributed by atoms with van der Waals surface area (Å²) in [5.74, 6) is 0.768. The Bertz CT molecular complexity index is 620. The Hall–Kier alpha value is -2.04. The highest BCUT2D eigenvalue weighted by Gasteiger charge is 2.13. The molecule has 0 spiro atoms. The molecule has 0 saturated heterocycles. The second-order valence-electron chi connectivity index (χ2n) is 5.55. The van der Waals surface area contributed by atoms with E-state index in [1.807, 2.05) is 61.5 Å². The average molecular weight is 349 g/mol. The molecule has 24 heavy (non-hydrogen) atoms. The van der Waals surface area contributed by atoms with E-state index in [1.165, 1.54) is 0 Å². The summed E-state index contributed by atoms with van der Waals surface area (Å²) in [6.07, 6.45) is 1.30. The minimum absolute atomic E-state index is 0. The number of hydrogen-bond donors (Lipinski definition) is 2. The minimum Gasteiger partial charge on any atom is -0.493 e. The monoisotopic (exact) mass is 348 g/mol. The molecule has 0 aromatic heterocycles. The van der Waals surface area contributed by atoms with Crippen LogP contribution in [0.15, 0.2) is 54.6 Å². The van der Waals surface area contributed by atoms with E-state index in [0.29, 0.717) is 19.6 Å². The normalized spacial score (nSPS) is 11.2. The first-order valence-electron chi connectivity index (χ1n) is 7.92. The molecule has 2 rings (SSSR count). The number of halogens is 1. The standard InChI is InChI=1S/C19H24N2O2.ClH/c1-15-8-5-6-11-18(15)23-13-7-12-21-19(22)17(20)14-16-9-3-2-4-10-16;/h2-6,8-11,17H,7,12-14,20H2,1H3,(H,21,22);1H/t17-;/m0./s1. The maximum Gasteiger partial charge on any atom is 0.237 e. The first kappa shape index (κ1) is 20.0. The number of aryl methyl sites for hydroxylation is 1. The van der Waals surface area contributed by atoms with Crippen molar-refractivity contribution < 1.29 is 9.53 Å². The molecule has 2 aromatic carbocycles. The third-order valence-electron chi connectivity index (χ3n) is 3.61. The molecule has 1 atom stereocenters. The van der Waals surface area contributed by atoms with Gasteiger partial charge in [-0.1, -0.05) is 48.5 Å². The summed E-state index contributed by atoms with van der Waals surface area (Å²) in [7, 11) is 0. The van der Waals surface area contributed by atoms with Crippen molar-refractivity contribution in [1.29, 1.82) is 0 Å². The van der Waals surface area contributed by atoms with Crippen molar-refractivity contribution in [2.24, 2.45) is 5.73 Å². The summed E-state index contributed by atoms with van der Waals surface area (Å²) < 4.78 is 5.69. The number of nitrogens with one attached hydrogen (secondary N) is 1. The molecule has 4 nitrogen and oxygen atoms in total. The lowest BCUT2D eigenvalue weighted by Crippen LogP contribution is -2.42. The van der Waals surface area contributed by atoms with Crippen LogP contribution in [0.2, 0.25) is 0 Å². The van der Waals surface area contributed by atoms with Gasteiger partial charge >= 0.3 is 0 Å². The number of hydrogen-bond acceptors (Lipinski definition) is 3. The SMILES string of the molecule is Cc1ccccc1OCCCNC(=O)[C@@H](N)Cc1ccccc1.Cl.